The van der Waals surface area contributed by atoms with Gasteiger partial charge in [-0.1, -0.05) is 0 Å². The first-order chi connectivity index (χ1) is 17.3. The summed E-state index contributed by atoms with van der Waals surface area (Å²) in [6.07, 6.45) is -5.76. The van der Waals surface area contributed by atoms with Crippen molar-refractivity contribution in [1.29, 1.82) is 0 Å². The third-order valence-corrected chi connectivity index (χ3v) is 6.55. The van der Waals surface area contributed by atoms with E-state index >= 15 is 0 Å². The second-order valence-corrected chi connectivity index (χ2v) is 8.75. The zero-order chi connectivity index (χ0) is 27.4. The van der Waals surface area contributed by atoms with Crippen molar-refractivity contribution in [1.82, 2.24) is 23.5 Å². The smallest absolute Gasteiger partial charge is 0.376 e. The van der Waals surface area contributed by atoms with Crippen molar-refractivity contribution in [2.75, 3.05) is 0 Å². The molecule has 196 valence electrons. The number of aromatic nitrogens is 5. The number of aliphatic hydroxyl groups is 1. The predicted octanol–water partition coefficient (Wildman–Crippen LogP) is 1.42. The highest BCUT2D eigenvalue weighted by atomic mass is 32.1. The number of carbonyl (C=O) groups excluding carboxylic acids is 1. The molecule has 0 spiro atoms. The number of carbonyl (C=O) groups is 1. The van der Waals surface area contributed by atoms with Crippen LogP contribution in [-0.2, 0) is 45.3 Å². The van der Waals surface area contributed by atoms with Gasteiger partial charge in [0.05, 0.1) is 17.8 Å². The molecular weight excluding hydrogens is 527 g/mol. The Kier molecular flexibility index (Phi) is 6.49. The second kappa shape index (κ2) is 9.19. The summed E-state index contributed by atoms with van der Waals surface area (Å²) < 4.78 is 71.9. The number of rotatable bonds is 4. The fraction of sp³-hybridized carbons (Fsp3) is 0.286. The van der Waals surface area contributed by atoms with Crippen LogP contribution < -0.4 is 16.1 Å². The second-order valence-electron chi connectivity index (χ2n) is 7.91. The number of fused-ring (bicyclic) bond motifs is 1. The lowest BCUT2D eigenvalue weighted by atomic mass is 10.1. The van der Waals surface area contributed by atoms with Crippen molar-refractivity contribution < 1.29 is 31.9 Å². The summed E-state index contributed by atoms with van der Waals surface area (Å²) in [4.78, 5) is 41.3. The van der Waals surface area contributed by atoms with Crippen molar-refractivity contribution in [3.05, 3.63) is 66.0 Å². The minimum atomic E-state index is -5.31. The van der Waals surface area contributed by atoms with Gasteiger partial charge in [0, 0.05) is 32.1 Å². The number of benzene rings is 1. The maximum atomic E-state index is 14.7. The molecule has 0 unspecified atom stereocenters. The van der Waals surface area contributed by atoms with E-state index in [1.807, 2.05) is 0 Å². The molecule has 0 saturated heterocycles. The minimum absolute atomic E-state index is 0.0191. The Labute approximate surface area is 206 Å². The molecule has 3 heterocycles. The molecule has 4 aromatic rings. The van der Waals surface area contributed by atoms with E-state index < -0.39 is 59.2 Å². The molecule has 0 fully saturated rings. The molecular formula is C21H17F5N6O4S. The molecule has 4 rings (SSSR count). The molecule has 1 N–H and O–H groups in total. The molecule has 0 aliphatic heterocycles. The fourth-order valence-corrected chi connectivity index (χ4v) is 4.75. The summed E-state index contributed by atoms with van der Waals surface area (Å²) in [6, 6.07) is 1.23. The average molecular weight is 544 g/mol. The maximum Gasteiger partial charge on any atom is 0.422 e. The number of aryl methyl sites for hydroxylation is 2. The number of amides is 1. The largest absolute Gasteiger partial charge is 0.422 e. The van der Waals surface area contributed by atoms with Crippen LogP contribution in [0.4, 0.5) is 22.0 Å². The summed E-state index contributed by atoms with van der Waals surface area (Å²) in [5, 5.41) is 15.1. The van der Waals surface area contributed by atoms with Crippen molar-refractivity contribution >= 4 is 28.3 Å². The van der Waals surface area contributed by atoms with Crippen LogP contribution in [-0.4, -0.2) is 34.5 Å². The van der Waals surface area contributed by atoms with Crippen molar-refractivity contribution in [3.63, 3.8) is 0 Å². The summed E-state index contributed by atoms with van der Waals surface area (Å²) in [5.41, 5.74) is -4.11. The molecule has 16 heteroatoms. The number of hydrogen-bond donors (Lipinski definition) is 1. The molecule has 10 nitrogen and oxygen atoms in total. The Morgan fingerprint density at radius 3 is 2.43 bits per heavy atom. The van der Waals surface area contributed by atoms with Crippen molar-refractivity contribution in [2.24, 2.45) is 26.1 Å². The van der Waals surface area contributed by atoms with E-state index in [-0.39, 0.29) is 27.2 Å². The molecule has 0 aliphatic rings. The Balaban J connectivity index is 1.79. The van der Waals surface area contributed by atoms with Crippen LogP contribution in [0.2, 0.25) is 0 Å². The predicted molar refractivity (Wildman–Crippen MR) is 120 cm³/mol. The summed E-state index contributed by atoms with van der Waals surface area (Å²) in [6.45, 7) is -0.888. The van der Waals surface area contributed by atoms with E-state index in [0.717, 1.165) is 36.5 Å². The first-order valence-electron chi connectivity index (χ1n) is 10.3. The summed E-state index contributed by atoms with van der Waals surface area (Å²) in [7, 11) is 4.13. The highest BCUT2D eigenvalue weighted by Crippen LogP contribution is 2.37. The molecule has 0 saturated carbocycles. The van der Waals surface area contributed by atoms with Gasteiger partial charge < -0.3 is 5.11 Å². The number of nitrogens with zero attached hydrogens (tertiary/aromatic N) is 6. The van der Waals surface area contributed by atoms with Gasteiger partial charge in [0.1, 0.15) is 29.3 Å². The van der Waals surface area contributed by atoms with Gasteiger partial charge in [0.2, 0.25) is 0 Å². The molecule has 1 aromatic carbocycles. The zero-order valence-electron chi connectivity index (χ0n) is 19.3. The molecule has 0 atom stereocenters. The lowest BCUT2D eigenvalue weighted by molar-refractivity contribution is -0.142. The molecule has 1 amide bonds. The number of thiazole rings is 1. The van der Waals surface area contributed by atoms with Crippen LogP contribution in [0.5, 0.6) is 0 Å². The number of halogens is 5. The molecule has 0 bridgehead atoms. The highest BCUT2D eigenvalue weighted by molar-refractivity contribution is 7.07. The van der Waals surface area contributed by atoms with Gasteiger partial charge in [-0.3, -0.25) is 28.0 Å². The lowest BCUT2D eigenvalue weighted by Crippen LogP contribution is -2.37. The van der Waals surface area contributed by atoms with Crippen molar-refractivity contribution in [3.8, 4) is 11.3 Å². The Hall–Kier alpha value is -3.92. The van der Waals surface area contributed by atoms with Gasteiger partial charge >= 0.3 is 11.9 Å². The van der Waals surface area contributed by atoms with Crippen LogP contribution >= 0.6 is 11.3 Å². The summed E-state index contributed by atoms with van der Waals surface area (Å²) >= 11 is 0.721. The highest BCUT2D eigenvalue weighted by Gasteiger charge is 2.39. The van der Waals surface area contributed by atoms with Crippen molar-refractivity contribution in [2.45, 2.75) is 19.3 Å². The van der Waals surface area contributed by atoms with Gasteiger partial charge in [0.25, 0.3) is 11.5 Å². The topological polar surface area (TPSA) is 116 Å². The van der Waals surface area contributed by atoms with E-state index in [9.17, 15) is 41.4 Å². The third-order valence-electron chi connectivity index (χ3n) is 5.69. The van der Waals surface area contributed by atoms with E-state index in [0.29, 0.717) is 6.07 Å². The number of alkyl halides is 3. The van der Waals surface area contributed by atoms with E-state index in [4.69, 9.17) is 0 Å². The van der Waals surface area contributed by atoms with Gasteiger partial charge in [0.15, 0.2) is 10.4 Å². The van der Waals surface area contributed by atoms with E-state index in [2.05, 4.69) is 10.1 Å². The first-order valence-corrected chi connectivity index (χ1v) is 11.2. The monoisotopic (exact) mass is 544 g/mol. The van der Waals surface area contributed by atoms with Crippen LogP contribution in [0.15, 0.2) is 32.1 Å². The van der Waals surface area contributed by atoms with E-state index in [1.54, 1.807) is 0 Å². The quantitative estimate of drug-likeness (QED) is 0.390. The van der Waals surface area contributed by atoms with Crippen LogP contribution in [0.1, 0.15) is 11.3 Å². The molecule has 0 radical (unpaired) electrons. The molecule has 0 aliphatic carbocycles. The van der Waals surface area contributed by atoms with Gasteiger partial charge in [-0.25, -0.2) is 13.6 Å². The Bertz CT molecular complexity index is 1760. The summed E-state index contributed by atoms with van der Waals surface area (Å²) in [5.74, 6) is -4.51. The SMILES string of the molecule is Cn1nc2c(c1CC(=O)N=c1scc(-c3ccc(F)c(C(F)(F)F)c3F)n1CO)c(=O)n(C)c(=O)n2C. The zero-order valence-corrected chi connectivity index (χ0v) is 20.1. The average Bonchev–Trinajstić information content (AvgIpc) is 3.36. The van der Waals surface area contributed by atoms with Gasteiger partial charge in [-0.05, 0) is 12.1 Å². The van der Waals surface area contributed by atoms with Crippen LogP contribution in [0, 0.1) is 11.6 Å². The Morgan fingerprint density at radius 1 is 1.14 bits per heavy atom. The lowest BCUT2D eigenvalue weighted by Gasteiger charge is -2.13. The fourth-order valence-electron chi connectivity index (χ4n) is 3.84. The number of hydrogen-bond acceptors (Lipinski definition) is 6. The van der Waals surface area contributed by atoms with Gasteiger partial charge in [-0.2, -0.15) is 23.3 Å². The standard InChI is InChI=1S/C21H17F5N6O4S/c1-29-17-14(18(35)30(2)20(29)36)11(31(3)28-17)6-13(34)27-19-32(8-33)12(7-37-19)9-4-5-10(22)15(16(9)23)21(24,25)26/h4-5,7,33H,6,8H2,1-3H3. The molecule has 37 heavy (non-hydrogen) atoms. The minimum Gasteiger partial charge on any atom is -0.376 e. The Morgan fingerprint density at radius 2 is 1.81 bits per heavy atom. The normalized spacial score (nSPS) is 12.6. The number of aliphatic hydroxyl groups excluding tert-OH is 1. The first kappa shape index (κ1) is 26.2. The maximum absolute atomic E-state index is 14.7. The van der Waals surface area contributed by atoms with Gasteiger partial charge in [-0.15, -0.1) is 11.3 Å². The molecule has 3 aromatic heterocycles. The van der Waals surface area contributed by atoms with Crippen LogP contribution in [0.3, 0.4) is 0 Å². The van der Waals surface area contributed by atoms with E-state index in [1.165, 1.54) is 25.8 Å². The third kappa shape index (κ3) is 4.31. The van der Waals surface area contributed by atoms with Crippen LogP contribution in [0.25, 0.3) is 22.3 Å².